The maximum absolute atomic E-state index is 12.6. The van der Waals surface area contributed by atoms with Gasteiger partial charge < -0.3 is 9.80 Å². The van der Waals surface area contributed by atoms with Crippen molar-refractivity contribution in [1.29, 1.82) is 0 Å². The molecule has 0 unspecified atom stereocenters. The molecule has 0 bridgehead atoms. The van der Waals surface area contributed by atoms with E-state index in [0.717, 1.165) is 65.0 Å². The van der Waals surface area contributed by atoms with Crippen molar-refractivity contribution < 1.29 is 9.59 Å². The van der Waals surface area contributed by atoms with Crippen LogP contribution in [0.15, 0.2) is 35.9 Å². The molecule has 1 aromatic rings. The van der Waals surface area contributed by atoms with Crippen molar-refractivity contribution in [2.45, 2.75) is 51.5 Å². The summed E-state index contributed by atoms with van der Waals surface area (Å²) in [7, 11) is 0. The van der Waals surface area contributed by atoms with E-state index >= 15 is 0 Å². The van der Waals surface area contributed by atoms with E-state index in [1.807, 2.05) is 4.90 Å². The standard InChI is InChI=1S/C25H35N3O2/c1-20(17-21-7-3-2-4-8-21)18-26-16-12-23-22(19-26)10-11-25(30)28(23)15-6-14-27-13-5-9-24(27)29/h2-4,7-8,17,22-23H,5-6,9-16,18-19H2,1H3/t22-,23+/m1/s1. The Kier molecular flexibility index (Phi) is 6.88. The lowest BCUT2D eigenvalue weighted by Gasteiger charge is -2.47. The van der Waals surface area contributed by atoms with E-state index in [-0.39, 0.29) is 5.91 Å². The van der Waals surface area contributed by atoms with Gasteiger partial charge in [-0.2, -0.15) is 0 Å². The van der Waals surface area contributed by atoms with E-state index in [1.165, 1.54) is 11.1 Å². The van der Waals surface area contributed by atoms with Crippen LogP contribution in [0.3, 0.4) is 0 Å². The number of rotatable bonds is 7. The molecule has 0 spiro atoms. The van der Waals surface area contributed by atoms with Crippen LogP contribution in [0, 0.1) is 5.92 Å². The minimum absolute atomic E-state index is 0.282. The number of hydrogen-bond donors (Lipinski definition) is 0. The molecule has 0 N–H and O–H groups in total. The zero-order chi connectivity index (χ0) is 20.9. The predicted molar refractivity (Wildman–Crippen MR) is 120 cm³/mol. The fourth-order valence-corrected chi connectivity index (χ4v) is 5.47. The summed E-state index contributed by atoms with van der Waals surface area (Å²) in [5.41, 5.74) is 2.65. The number of piperidine rings is 2. The van der Waals surface area contributed by atoms with E-state index in [4.69, 9.17) is 0 Å². The van der Waals surface area contributed by atoms with Crippen LogP contribution in [-0.2, 0) is 9.59 Å². The summed E-state index contributed by atoms with van der Waals surface area (Å²) >= 11 is 0. The van der Waals surface area contributed by atoms with E-state index in [2.05, 4.69) is 53.1 Å². The van der Waals surface area contributed by atoms with Gasteiger partial charge in [0.1, 0.15) is 0 Å². The first-order valence-corrected chi connectivity index (χ1v) is 11.6. The van der Waals surface area contributed by atoms with Gasteiger partial charge in [0, 0.05) is 58.2 Å². The SMILES string of the molecule is CC(=Cc1ccccc1)CN1CC[C@H]2[C@H](CCC(=O)N2CCCN2CCCC2=O)C1. The molecule has 162 valence electrons. The van der Waals surface area contributed by atoms with Crippen LogP contribution in [0.5, 0.6) is 0 Å². The van der Waals surface area contributed by atoms with Crippen molar-refractivity contribution in [3.05, 3.63) is 41.5 Å². The summed E-state index contributed by atoms with van der Waals surface area (Å²) in [6.45, 7) is 7.85. The molecule has 5 heteroatoms. The molecular weight excluding hydrogens is 374 g/mol. The van der Waals surface area contributed by atoms with E-state index < -0.39 is 0 Å². The van der Waals surface area contributed by atoms with E-state index in [9.17, 15) is 9.59 Å². The zero-order valence-corrected chi connectivity index (χ0v) is 18.3. The molecule has 0 saturated carbocycles. The quantitative estimate of drug-likeness (QED) is 0.693. The topological polar surface area (TPSA) is 43.9 Å². The molecule has 0 radical (unpaired) electrons. The molecular formula is C25H35N3O2. The minimum atomic E-state index is 0.282. The van der Waals surface area contributed by atoms with Gasteiger partial charge in [-0.05, 0) is 44.1 Å². The highest BCUT2D eigenvalue weighted by atomic mass is 16.2. The van der Waals surface area contributed by atoms with Crippen molar-refractivity contribution >= 4 is 17.9 Å². The third-order valence-corrected chi connectivity index (χ3v) is 6.91. The first kappa shape index (κ1) is 21.1. The molecule has 3 saturated heterocycles. The smallest absolute Gasteiger partial charge is 0.222 e. The lowest BCUT2D eigenvalue weighted by molar-refractivity contribution is -0.141. The number of carbonyl (C=O) groups excluding carboxylic acids is 2. The zero-order valence-electron chi connectivity index (χ0n) is 18.3. The van der Waals surface area contributed by atoms with Crippen LogP contribution >= 0.6 is 0 Å². The number of likely N-dealkylation sites (tertiary alicyclic amines) is 3. The molecule has 4 rings (SSSR count). The molecule has 0 aliphatic carbocycles. The molecule has 2 atom stereocenters. The molecule has 3 aliphatic rings. The maximum Gasteiger partial charge on any atom is 0.222 e. The van der Waals surface area contributed by atoms with Gasteiger partial charge in [0.05, 0.1) is 0 Å². The Morgan fingerprint density at radius 1 is 1.03 bits per heavy atom. The Balaban J connectivity index is 1.29. The van der Waals surface area contributed by atoms with Crippen LogP contribution in [0.25, 0.3) is 6.08 Å². The van der Waals surface area contributed by atoms with Gasteiger partial charge in [0.25, 0.3) is 0 Å². The van der Waals surface area contributed by atoms with Crippen LogP contribution in [0.4, 0.5) is 0 Å². The number of hydrogen-bond acceptors (Lipinski definition) is 3. The molecule has 3 heterocycles. The fourth-order valence-electron chi connectivity index (χ4n) is 5.47. The summed E-state index contributed by atoms with van der Waals surface area (Å²) < 4.78 is 0. The van der Waals surface area contributed by atoms with Crippen molar-refractivity contribution in [2.75, 3.05) is 39.3 Å². The molecule has 3 fully saturated rings. The molecule has 0 aromatic heterocycles. The van der Waals surface area contributed by atoms with E-state index in [0.29, 0.717) is 30.7 Å². The third-order valence-electron chi connectivity index (χ3n) is 6.91. The van der Waals surface area contributed by atoms with Crippen molar-refractivity contribution in [3.8, 4) is 0 Å². The Bertz CT molecular complexity index is 776. The number of benzene rings is 1. The second-order valence-electron chi connectivity index (χ2n) is 9.22. The normalized spacial score (nSPS) is 25.7. The molecule has 30 heavy (non-hydrogen) atoms. The van der Waals surface area contributed by atoms with E-state index in [1.54, 1.807) is 0 Å². The lowest BCUT2D eigenvalue weighted by Crippen LogP contribution is -2.56. The van der Waals surface area contributed by atoms with Gasteiger partial charge in [-0.1, -0.05) is 42.0 Å². The first-order chi connectivity index (χ1) is 14.6. The second-order valence-corrected chi connectivity index (χ2v) is 9.22. The van der Waals surface area contributed by atoms with Crippen molar-refractivity contribution in [1.82, 2.24) is 14.7 Å². The van der Waals surface area contributed by atoms with Gasteiger partial charge in [-0.3, -0.25) is 14.5 Å². The first-order valence-electron chi connectivity index (χ1n) is 11.6. The highest BCUT2D eigenvalue weighted by Gasteiger charge is 2.39. The summed E-state index contributed by atoms with van der Waals surface area (Å²) in [6.07, 6.45) is 7.63. The number of fused-ring (bicyclic) bond motifs is 1. The van der Waals surface area contributed by atoms with Gasteiger partial charge >= 0.3 is 0 Å². The number of amides is 2. The second kappa shape index (κ2) is 9.78. The maximum atomic E-state index is 12.6. The van der Waals surface area contributed by atoms with Crippen LogP contribution in [0.1, 0.15) is 51.0 Å². The van der Waals surface area contributed by atoms with Gasteiger partial charge in [-0.15, -0.1) is 0 Å². The number of carbonyl (C=O) groups is 2. The van der Waals surface area contributed by atoms with Gasteiger partial charge in [0.2, 0.25) is 11.8 Å². The molecule has 2 amide bonds. The van der Waals surface area contributed by atoms with Gasteiger partial charge in [0.15, 0.2) is 0 Å². The van der Waals surface area contributed by atoms with Crippen LogP contribution < -0.4 is 0 Å². The minimum Gasteiger partial charge on any atom is -0.343 e. The fraction of sp³-hybridized carbons (Fsp3) is 0.600. The Labute approximate surface area is 180 Å². The summed E-state index contributed by atoms with van der Waals surface area (Å²) in [5, 5.41) is 0. The number of nitrogens with zero attached hydrogens (tertiary/aromatic N) is 3. The van der Waals surface area contributed by atoms with Gasteiger partial charge in [-0.25, -0.2) is 0 Å². The Morgan fingerprint density at radius 3 is 2.63 bits per heavy atom. The highest BCUT2D eigenvalue weighted by Crippen LogP contribution is 2.32. The van der Waals surface area contributed by atoms with Crippen LogP contribution in [-0.4, -0.2) is 71.8 Å². The van der Waals surface area contributed by atoms with Crippen LogP contribution in [0.2, 0.25) is 0 Å². The largest absolute Gasteiger partial charge is 0.343 e. The van der Waals surface area contributed by atoms with Crippen molar-refractivity contribution in [3.63, 3.8) is 0 Å². The summed E-state index contributed by atoms with van der Waals surface area (Å²) in [4.78, 5) is 31.1. The predicted octanol–water partition coefficient (Wildman–Crippen LogP) is 3.42. The molecule has 3 aliphatic heterocycles. The molecule has 5 nitrogen and oxygen atoms in total. The Hall–Kier alpha value is -2.14. The van der Waals surface area contributed by atoms with Crippen molar-refractivity contribution in [2.24, 2.45) is 5.92 Å². The third kappa shape index (κ3) is 5.12. The molecule has 1 aromatic carbocycles. The summed E-state index contributed by atoms with van der Waals surface area (Å²) in [5.74, 6) is 1.18. The average molecular weight is 410 g/mol. The monoisotopic (exact) mass is 409 g/mol. The lowest BCUT2D eigenvalue weighted by atomic mass is 9.83. The highest BCUT2D eigenvalue weighted by molar-refractivity contribution is 5.78. The summed E-state index contributed by atoms with van der Waals surface area (Å²) in [6, 6.07) is 10.9. The average Bonchev–Trinajstić information content (AvgIpc) is 3.15. The Morgan fingerprint density at radius 2 is 1.87 bits per heavy atom.